The van der Waals surface area contributed by atoms with Crippen LogP contribution in [0.1, 0.15) is 27.0 Å². The molecule has 2 aromatic carbocycles. The molecule has 5 heteroatoms. The topological polar surface area (TPSA) is 46.1 Å². The summed E-state index contributed by atoms with van der Waals surface area (Å²) in [6.45, 7) is 4.48. The van der Waals surface area contributed by atoms with Crippen LogP contribution in [0.3, 0.4) is 0 Å². The fraction of sp³-hybridized carbons (Fsp3) is 0.136. The Balaban J connectivity index is 1.77. The molecule has 0 radical (unpaired) electrons. The van der Waals surface area contributed by atoms with Crippen molar-refractivity contribution in [2.24, 2.45) is 0 Å². The Labute approximate surface area is 162 Å². The second kappa shape index (κ2) is 7.29. The van der Waals surface area contributed by atoms with Crippen LogP contribution >= 0.6 is 11.3 Å². The van der Waals surface area contributed by atoms with E-state index >= 15 is 0 Å². The number of anilines is 1. The van der Waals surface area contributed by atoms with E-state index in [4.69, 9.17) is 4.98 Å². The van der Waals surface area contributed by atoms with Gasteiger partial charge < -0.3 is 0 Å². The van der Waals surface area contributed by atoms with E-state index in [1.54, 1.807) is 17.3 Å². The third kappa shape index (κ3) is 3.73. The number of nitrogens with zero attached hydrogens (tertiary/aromatic N) is 3. The molecule has 0 saturated heterocycles. The summed E-state index contributed by atoms with van der Waals surface area (Å²) in [5, 5.41) is 0.700. The van der Waals surface area contributed by atoms with Gasteiger partial charge in [-0.05, 0) is 55.3 Å². The Morgan fingerprint density at radius 1 is 1.04 bits per heavy atom. The number of rotatable bonds is 4. The van der Waals surface area contributed by atoms with Gasteiger partial charge in [-0.15, -0.1) is 0 Å². The summed E-state index contributed by atoms with van der Waals surface area (Å²) in [6.07, 6.45) is 3.52. The van der Waals surface area contributed by atoms with Crippen molar-refractivity contribution in [3.05, 3.63) is 89.2 Å². The summed E-state index contributed by atoms with van der Waals surface area (Å²) in [5.41, 5.74) is 4.78. The highest BCUT2D eigenvalue weighted by Gasteiger charge is 2.22. The van der Waals surface area contributed by atoms with E-state index in [2.05, 4.69) is 18.0 Å². The molecule has 1 amide bonds. The van der Waals surface area contributed by atoms with E-state index in [-0.39, 0.29) is 5.91 Å². The van der Waals surface area contributed by atoms with Crippen LogP contribution in [0.4, 0.5) is 5.13 Å². The first-order chi connectivity index (χ1) is 13.1. The van der Waals surface area contributed by atoms with Gasteiger partial charge in [-0.25, -0.2) is 4.98 Å². The molecule has 27 heavy (non-hydrogen) atoms. The maximum Gasteiger partial charge on any atom is 0.260 e. The van der Waals surface area contributed by atoms with Gasteiger partial charge in [0.2, 0.25) is 0 Å². The summed E-state index contributed by atoms with van der Waals surface area (Å²) in [6, 6.07) is 17.7. The zero-order valence-corrected chi connectivity index (χ0v) is 16.0. The van der Waals surface area contributed by atoms with Gasteiger partial charge in [0.05, 0.1) is 16.8 Å². The molecule has 0 fully saturated rings. The number of carbonyl (C=O) groups excluding carboxylic acids is 1. The standard InChI is InChI=1S/C22H19N3OS/c1-15-5-3-7-18(11-15)21(26)25(14-17-6-4-10-23-13-17)22-24-19-9-8-16(2)12-20(19)27-22/h3-13H,14H2,1-2H3. The average Bonchev–Trinajstić information content (AvgIpc) is 3.09. The lowest BCUT2D eigenvalue weighted by atomic mass is 10.1. The van der Waals surface area contributed by atoms with E-state index in [0.29, 0.717) is 17.2 Å². The number of aromatic nitrogens is 2. The molecule has 4 nitrogen and oxygen atoms in total. The summed E-state index contributed by atoms with van der Waals surface area (Å²) in [4.78, 5) is 24.0. The lowest BCUT2D eigenvalue weighted by molar-refractivity contribution is 0.0985. The van der Waals surface area contributed by atoms with Gasteiger partial charge in [0, 0.05) is 18.0 Å². The summed E-state index contributed by atoms with van der Waals surface area (Å²) in [7, 11) is 0. The molecule has 4 rings (SSSR count). The predicted octanol–water partition coefficient (Wildman–Crippen LogP) is 5.16. The molecular weight excluding hydrogens is 354 g/mol. The number of benzene rings is 2. The lowest BCUT2D eigenvalue weighted by Gasteiger charge is -2.20. The van der Waals surface area contributed by atoms with Crippen molar-refractivity contribution < 1.29 is 4.79 Å². The Kier molecular flexibility index (Phi) is 4.69. The molecule has 0 spiro atoms. The quantitative estimate of drug-likeness (QED) is 0.497. The monoisotopic (exact) mass is 373 g/mol. The van der Waals surface area contributed by atoms with Gasteiger partial charge >= 0.3 is 0 Å². The Morgan fingerprint density at radius 2 is 1.89 bits per heavy atom. The highest BCUT2D eigenvalue weighted by Crippen LogP contribution is 2.31. The van der Waals surface area contributed by atoms with Crippen LogP contribution in [0.15, 0.2) is 67.0 Å². The van der Waals surface area contributed by atoms with Crippen LogP contribution < -0.4 is 4.90 Å². The van der Waals surface area contributed by atoms with Crippen LogP contribution in [0.2, 0.25) is 0 Å². The molecule has 0 N–H and O–H groups in total. The van der Waals surface area contributed by atoms with Crippen LogP contribution in [0.5, 0.6) is 0 Å². The minimum absolute atomic E-state index is 0.0571. The third-order valence-corrected chi connectivity index (χ3v) is 5.38. The smallest absolute Gasteiger partial charge is 0.260 e. The summed E-state index contributed by atoms with van der Waals surface area (Å²) < 4.78 is 1.08. The minimum atomic E-state index is -0.0571. The number of thiazole rings is 1. The maximum atomic E-state index is 13.3. The molecule has 0 bridgehead atoms. The SMILES string of the molecule is Cc1cccc(C(=O)N(Cc2cccnc2)c2nc3ccc(C)cc3s2)c1. The Bertz CT molecular complexity index is 1100. The lowest BCUT2D eigenvalue weighted by Crippen LogP contribution is -2.30. The van der Waals surface area contributed by atoms with Crippen molar-refractivity contribution in [3.63, 3.8) is 0 Å². The fourth-order valence-corrected chi connectivity index (χ4v) is 4.03. The number of aryl methyl sites for hydroxylation is 2. The van der Waals surface area contributed by atoms with E-state index in [1.807, 2.05) is 55.5 Å². The summed E-state index contributed by atoms with van der Waals surface area (Å²) in [5.74, 6) is -0.0571. The molecule has 0 aliphatic carbocycles. The molecular formula is C22H19N3OS. The third-order valence-electron chi connectivity index (χ3n) is 4.34. The van der Waals surface area contributed by atoms with Crippen molar-refractivity contribution >= 4 is 32.6 Å². The molecule has 2 aromatic heterocycles. The molecule has 4 aromatic rings. The largest absolute Gasteiger partial charge is 0.279 e. The van der Waals surface area contributed by atoms with Crippen molar-refractivity contribution in [1.82, 2.24) is 9.97 Å². The molecule has 0 aliphatic heterocycles. The van der Waals surface area contributed by atoms with Crippen molar-refractivity contribution in [3.8, 4) is 0 Å². The second-order valence-electron chi connectivity index (χ2n) is 6.59. The van der Waals surface area contributed by atoms with Gasteiger partial charge in [0.15, 0.2) is 5.13 Å². The van der Waals surface area contributed by atoms with Crippen LogP contribution in [-0.2, 0) is 6.54 Å². The first-order valence-electron chi connectivity index (χ1n) is 8.75. The Morgan fingerprint density at radius 3 is 2.67 bits per heavy atom. The minimum Gasteiger partial charge on any atom is -0.279 e. The van der Waals surface area contributed by atoms with Gasteiger partial charge in [-0.2, -0.15) is 0 Å². The van der Waals surface area contributed by atoms with E-state index in [1.165, 1.54) is 16.9 Å². The molecule has 0 unspecified atom stereocenters. The van der Waals surface area contributed by atoms with E-state index in [0.717, 1.165) is 21.3 Å². The van der Waals surface area contributed by atoms with Crippen molar-refractivity contribution in [2.75, 3.05) is 4.90 Å². The van der Waals surface area contributed by atoms with Crippen molar-refractivity contribution in [2.45, 2.75) is 20.4 Å². The zero-order valence-electron chi connectivity index (χ0n) is 15.2. The first kappa shape index (κ1) is 17.4. The molecule has 134 valence electrons. The highest BCUT2D eigenvalue weighted by atomic mass is 32.1. The van der Waals surface area contributed by atoms with Gasteiger partial charge in [0.1, 0.15) is 0 Å². The van der Waals surface area contributed by atoms with E-state index in [9.17, 15) is 4.79 Å². The molecule has 0 saturated carbocycles. The number of hydrogen-bond donors (Lipinski definition) is 0. The van der Waals surface area contributed by atoms with Crippen LogP contribution in [-0.4, -0.2) is 15.9 Å². The fourth-order valence-electron chi connectivity index (χ4n) is 2.97. The molecule has 2 heterocycles. The number of pyridine rings is 1. The maximum absolute atomic E-state index is 13.3. The number of carbonyl (C=O) groups is 1. The average molecular weight is 373 g/mol. The van der Waals surface area contributed by atoms with Gasteiger partial charge in [0.25, 0.3) is 5.91 Å². The van der Waals surface area contributed by atoms with Gasteiger partial charge in [-0.1, -0.05) is 41.2 Å². The molecule has 0 aliphatic rings. The van der Waals surface area contributed by atoms with Crippen LogP contribution in [0.25, 0.3) is 10.2 Å². The van der Waals surface area contributed by atoms with E-state index < -0.39 is 0 Å². The Hall–Kier alpha value is -3.05. The van der Waals surface area contributed by atoms with Gasteiger partial charge in [-0.3, -0.25) is 14.7 Å². The summed E-state index contributed by atoms with van der Waals surface area (Å²) >= 11 is 1.54. The molecule has 0 atom stereocenters. The second-order valence-corrected chi connectivity index (χ2v) is 7.60. The number of amides is 1. The number of hydrogen-bond acceptors (Lipinski definition) is 4. The normalized spacial score (nSPS) is 10.9. The first-order valence-corrected chi connectivity index (χ1v) is 9.56. The van der Waals surface area contributed by atoms with Crippen LogP contribution in [0, 0.1) is 13.8 Å². The predicted molar refractivity (Wildman–Crippen MR) is 110 cm³/mol. The highest BCUT2D eigenvalue weighted by molar-refractivity contribution is 7.22. The zero-order chi connectivity index (χ0) is 18.8. The number of fused-ring (bicyclic) bond motifs is 1. The van der Waals surface area contributed by atoms with Crippen molar-refractivity contribution in [1.29, 1.82) is 0 Å².